The highest BCUT2D eigenvalue weighted by Gasteiger charge is 2.48. The van der Waals surface area contributed by atoms with Crippen molar-refractivity contribution in [2.24, 2.45) is 0 Å². The fourth-order valence-electron chi connectivity index (χ4n) is 5.96. The van der Waals surface area contributed by atoms with Crippen molar-refractivity contribution in [1.29, 1.82) is 0 Å². The van der Waals surface area contributed by atoms with Crippen LogP contribution in [0.2, 0.25) is 0 Å². The Hall–Kier alpha value is -2.18. The number of fused-ring (bicyclic) bond motifs is 1. The number of carbonyl (C=O) groups excluding carboxylic acids is 2. The molecule has 4 nitrogen and oxygen atoms in total. The van der Waals surface area contributed by atoms with Crippen LogP contribution in [0.3, 0.4) is 0 Å². The van der Waals surface area contributed by atoms with Crippen molar-refractivity contribution in [3.63, 3.8) is 0 Å². The number of amides is 2. The van der Waals surface area contributed by atoms with E-state index in [-0.39, 0.29) is 11.8 Å². The topological polar surface area (TPSA) is 40.6 Å². The van der Waals surface area contributed by atoms with Crippen molar-refractivity contribution in [2.45, 2.75) is 117 Å². The third-order valence-corrected chi connectivity index (χ3v) is 9.94. The van der Waals surface area contributed by atoms with Gasteiger partial charge in [0.1, 0.15) is 0 Å². The standard InChI is InChI=1S/C34H48N2O2S2/c1-3-5-7-9-11-13-15-17-23-35-31-29(27-21-19-25-39-27)34(38)36(24-18-16-14-12-10-8-6-4-2)32(31)30(33(35)37)28-22-20-26-40-28/h19-22,25-26H,3-18,23-24H2,1-2H3. The average molecular weight is 581 g/mol. The summed E-state index contributed by atoms with van der Waals surface area (Å²) in [5, 5.41) is 4.06. The lowest BCUT2D eigenvalue weighted by Crippen LogP contribution is -2.28. The average Bonchev–Trinajstić information content (AvgIpc) is 3.75. The maximum atomic E-state index is 14.0. The first-order valence-corrected chi connectivity index (χ1v) is 17.6. The Bertz CT molecular complexity index is 1040. The predicted molar refractivity (Wildman–Crippen MR) is 171 cm³/mol. The fourth-order valence-corrected chi connectivity index (χ4v) is 7.48. The molecule has 0 fully saturated rings. The van der Waals surface area contributed by atoms with Crippen molar-refractivity contribution in [3.8, 4) is 0 Å². The molecule has 2 aliphatic heterocycles. The summed E-state index contributed by atoms with van der Waals surface area (Å²) < 4.78 is 0. The van der Waals surface area contributed by atoms with E-state index in [9.17, 15) is 9.59 Å². The van der Waals surface area contributed by atoms with Crippen LogP contribution >= 0.6 is 22.7 Å². The van der Waals surface area contributed by atoms with Crippen molar-refractivity contribution < 1.29 is 9.59 Å². The van der Waals surface area contributed by atoms with Gasteiger partial charge in [0.15, 0.2) is 0 Å². The second kappa shape index (κ2) is 16.3. The summed E-state index contributed by atoms with van der Waals surface area (Å²) in [7, 11) is 0. The van der Waals surface area contributed by atoms with E-state index in [1.165, 1.54) is 77.0 Å². The summed E-state index contributed by atoms with van der Waals surface area (Å²) >= 11 is 3.19. The van der Waals surface area contributed by atoms with Crippen LogP contribution in [0.25, 0.3) is 11.1 Å². The Kier molecular flexibility index (Phi) is 12.5. The summed E-state index contributed by atoms with van der Waals surface area (Å²) in [6.07, 6.45) is 19.6. The van der Waals surface area contributed by atoms with E-state index < -0.39 is 0 Å². The van der Waals surface area contributed by atoms with Gasteiger partial charge in [0.25, 0.3) is 11.8 Å². The van der Waals surface area contributed by atoms with Crippen LogP contribution in [0.5, 0.6) is 0 Å². The largest absolute Gasteiger partial charge is 0.305 e. The Morgan fingerprint density at radius 3 is 1.20 bits per heavy atom. The normalized spacial score (nSPS) is 15.3. The second-order valence-electron chi connectivity index (χ2n) is 11.3. The predicted octanol–water partition coefficient (Wildman–Crippen LogP) is 9.90. The molecule has 0 N–H and O–H groups in total. The van der Waals surface area contributed by atoms with Gasteiger partial charge in [-0.25, -0.2) is 0 Å². The first kappa shape index (κ1) is 30.8. The van der Waals surface area contributed by atoms with Gasteiger partial charge < -0.3 is 9.80 Å². The summed E-state index contributed by atoms with van der Waals surface area (Å²) in [5.41, 5.74) is 3.18. The lowest BCUT2D eigenvalue weighted by atomic mass is 10.1. The molecular formula is C34H48N2O2S2. The van der Waals surface area contributed by atoms with E-state index in [2.05, 4.69) is 13.8 Å². The number of rotatable bonds is 20. The lowest BCUT2D eigenvalue weighted by Gasteiger charge is -2.20. The van der Waals surface area contributed by atoms with E-state index in [0.29, 0.717) is 13.1 Å². The molecule has 0 aromatic carbocycles. The van der Waals surface area contributed by atoms with Gasteiger partial charge in [-0.05, 0) is 35.7 Å². The molecule has 4 rings (SSSR count). The zero-order valence-electron chi connectivity index (χ0n) is 24.7. The van der Waals surface area contributed by atoms with Crippen LogP contribution in [0.4, 0.5) is 0 Å². The minimum atomic E-state index is 0.0675. The first-order chi connectivity index (χ1) is 19.7. The highest BCUT2D eigenvalue weighted by molar-refractivity contribution is 7.12. The molecule has 2 aromatic heterocycles. The van der Waals surface area contributed by atoms with Gasteiger partial charge in [-0.1, -0.05) is 116 Å². The van der Waals surface area contributed by atoms with E-state index in [1.807, 2.05) is 44.8 Å². The molecule has 0 aliphatic carbocycles. The molecule has 0 saturated carbocycles. The van der Waals surface area contributed by atoms with Gasteiger partial charge in [-0.2, -0.15) is 0 Å². The number of hydrogen-bond acceptors (Lipinski definition) is 4. The van der Waals surface area contributed by atoms with Crippen LogP contribution in [0, 0.1) is 0 Å². The molecule has 218 valence electrons. The lowest BCUT2D eigenvalue weighted by molar-refractivity contribution is -0.122. The first-order valence-electron chi connectivity index (χ1n) is 15.9. The monoisotopic (exact) mass is 580 g/mol. The van der Waals surface area contributed by atoms with E-state index in [1.54, 1.807) is 22.7 Å². The zero-order valence-corrected chi connectivity index (χ0v) is 26.4. The van der Waals surface area contributed by atoms with Gasteiger partial charge in [0, 0.05) is 22.8 Å². The van der Waals surface area contributed by atoms with E-state index >= 15 is 0 Å². The molecule has 2 aromatic rings. The molecule has 0 radical (unpaired) electrons. The maximum Gasteiger partial charge on any atom is 0.262 e. The second-order valence-corrected chi connectivity index (χ2v) is 13.2. The third-order valence-electron chi connectivity index (χ3n) is 8.16. The molecule has 0 spiro atoms. The molecule has 4 heterocycles. The van der Waals surface area contributed by atoms with E-state index in [4.69, 9.17) is 0 Å². The fraction of sp³-hybridized carbons (Fsp3) is 0.588. The highest BCUT2D eigenvalue weighted by atomic mass is 32.1. The van der Waals surface area contributed by atoms with Crippen LogP contribution in [-0.2, 0) is 9.59 Å². The van der Waals surface area contributed by atoms with Gasteiger partial charge in [0.05, 0.1) is 22.5 Å². The van der Waals surface area contributed by atoms with Crippen molar-refractivity contribution in [2.75, 3.05) is 13.1 Å². The van der Waals surface area contributed by atoms with Gasteiger partial charge >= 0.3 is 0 Å². The van der Waals surface area contributed by atoms with Crippen molar-refractivity contribution in [1.82, 2.24) is 9.80 Å². The molecular weight excluding hydrogens is 533 g/mol. The summed E-state index contributed by atoms with van der Waals surface area (Å²) in [4.78, 5) is 33.9. The quantitative estimate of drug-likeness (QED) is 0.146. The number of hydrogen-bond donors (Lipinski definition) is 0. The minimum Gasteiger partial charge on any atom is -0.305 e. The van der Waals surface area contributed by atoms with E-state index in [0.717, 1.165) is 58.0 Å². The molecule has 0 bridgehead atoms. The van der Waals surface area contributed by atoms with Gasteiger partial charge in [-0.15, -0.1) is 22.7 Å². The zero-order chi connectivity index (χ0) is 28.2. The van der Waals surface area contributed by atoms with Crippen LogP contribution in [0.15, 0.2) is 46.4 Å². The minimum absolute atomic E-state index is 0.0675. The molecule has 0 saturated heterocycles. The SMILES string of the molecule is CCCCCCCCCCN1C(=O)C(c2cccs2)=C2C1=C(c1cccs1)C(=O)N2CCCCCCCCCC. The summed E-state index contributed by atoms with van der Waals surface area (Å²) in [6, 6.07) is 8.07. The van der Waals surface area contributed by atoms with Crippen LogP contribution in [-0.4, -0.2) is 34.7 Å². The van der Waals surface area contributed by atoms with Crippen LogP contribution in [0.1, 0.15) is 126 Å². The Balaban J connectivity index is 1.50. The molecule has 2 aliphatic rings. The highest BCUT2D eigenvalue weighted by Crippen LogP contribution is 2.48. The summed E-state index contributed by atoms with van der Waals surface area (Å²) in [6.45, 7) is 5.86. The number of thiophene rings is 2. The smallest absolute Gasteiger partial charge is 0.262 e. The summed E-state index contributed by atoms with van der Waals surface area (Å²) in [5.74, 6) is 0.135. The third kappa shape index (κ3) is 7.55. The Morgan fingerprint density at radius 2 is 0.875 bits per heavy atom. The van der Waals surface area contributed by atoms with Crippen molar-refractivity contribution >= 4 is 45.6 Å². The van der Waals surface area contributed by atoms with Gasteiger partial charge in [0.2, 0.25) is 0 Å². The molecule has 2 amide bonds. The van der Waals surface area contributed by atoms with Gasteiger partial charge in [-0.3, -0.25) is 9.59 Å². The molecule has 0 atom stereocenters. The van der Waals surface area contributed by atoms with Crippen molar-refractivity contribution in [3.05, 3.63) is 56.2 Å². The number of unbranched alkanes of at least 4 members (excludes halogenated alkanes) is 14. The molecule has 40 heavy (non-hydrogen) atoms. The molecule has 6 heteroatoms. The number of carbonyl (C=O) groups is 2. The Morgan fingerprint density at radius 1 is 0.525 bits per heavy atom. The molecule has 0 unspecified atom stereocenters. The number of nitrogens with zero attached hydrogens (tertiary/aromatic N) is 2. The Labute approximate surface area is 250 Å². The van der Waals surface area contributed by atoms with Crippen LogP contribution < -0.4 is 0 Å². The maximum absolute atomic E-state index is 14.0.